The number of nitrogen functional groups attached to an aromatic ring is 1. The average molecular weight is 528 g/mol. The van der Waals surface area contributed by atoms with E-state index < -0.39 is 0 Å². The molecule has 204 valence electrons. The number of nitrogens with zero attached hydrogens (tertiary/aromatic N) is 5. The van der Waals surface area contributed by atoms with Crippen molar-refractivity contribution in [1.29, 1.82) is 0 Å². The molecule has 1 aliphatic carbocycles. The van der Waals surface area contributed by atoms with Gasteiger partial charge in [-0.3, -0.25) is 14.7 Å². The first-order valence-corrected chi connectivity index (χ1v) is 14.2. The molecule has 0 atom stereocenters. The van der Waals surface area contributed by atoms with Gasteiger partial charge in [-0.2, -0.15) is 5.10 Å². The Bertz CT molecular complexity index is 1380. The second kappa shape index (κ2) is 10.2. The zero-order valence-corrected chi connectivity index (χ0v) is 22.9. The van der Waals surface area contributed by atoms with Crippen molar-refractivity contribution in [2.75, 3.05) is 31.9 Å². The number of anilines is 1. The van der Waals surface area contributed by atoms with Crippen molar-refractivity contribution < 1.29 is 9.59 Å². The lowest BCUT2D eigenvalue weighted by atomic mass is 9.72. The van der Waals surface area contributed by atoms with E-state index >= 15 is 0 Å². The number of hydrogen-bond donors (Lipinski definition) is 2. The molecule has 3 N–H and O–H groups in total. The van der Waals surface area contributed by atoms with E-state index in [-0.39, 0.29) is 29.5 Å². The molecule has 2 aliphatic heterocycles. The maximum atomic E-state index is 13.4. The Hall–Kier alpha value is -3.59. The molecule has 2 saturated heterocycles. The van der Waals surface area contributed by atoms with Crippen LogP contribution in [0.2, 0.25) is 0 Å². The van der Waals surface area contributed by atoms with Gasteiger partial charge in [0, 0.05) is 42.9 Å². The lowest BCUT2D eigenvalue weighted by Gasteiger charge is -2.40. The summed E-state index contributed by atoms with van der Waals surface area (Å²) in [4.78, 5) is 39.7. The van der Waals surface area contributed by atoms with Crippen molar-refractivity contribution in [2.24, 2.45) is 0 Å². The summed E-state index contributed by atoms with van der Waals surface area (Å²) in [5.41, 5.74) is 10.8. The summed E-state index contributed by atoms with van der Waals surface area (Å²) in [5, 5.41) is 7.46. The molecule has 9 heteroatoms. The van der Waals surface area contributed by atoms with Crippen LogP contribution in [0, 0.1) is 0 Å². The number of hydrogen-bond acceptors (Lipinski definition) is 7. The molecular weight excluding hydrogens is 490 g/mol. The lowest BCUT2D eigenvalue weighted by Crippen LogP contribution is -2.48. The lowest BCUT2D eigenvalue weighted by molar-refractivity contribution is 0.0590. The molecule has 1 amide bonds. The van der Waals surface area contributed by atoms with Gasteiger partial charge in [0.15, 0.2) is 5.78 Å². The van der Waals surface area contributed by atoms with Crippen LogP contribution in [0.5, 0.6) is 0 Å². The van der Waals surface area contributed by atoms with E-state index in [2.05, 4.69) is 38.9 Å². The van der Waals surface area contributed by atoms with Crippen molar-refractivity contribution in [3.63, 3.8) is 0 Å². The normalized spacial score (nSPS) is 19.4. The van der Waals surface area contributed by atoms with E-state index in [4.69, 9.17) is 5.73 Å². The largest absolute Gasteiger partial charge is 0.368 e. The Labute approximate surface area is 229 Å². The summed E-state index contributed by atoms with van der Waals surface area (Å²) in [6.45, 7) is 8.23. The zero-order chi connectivity index (χ0) is 27.1. The molecule has 1 aromatic carbocycles. The molecule has 0 saturated carbocycles. The van der Waals surface area contributed by atoms with Crippen molar-refractivity contribution in [3.05, 3.63) is 58.4 Å². The minimum atomic E-state index is -0.308. The second-order valence-electron chi connectivity index (χ2n) is 11.9. The smallest absolute Gasteiger partial charge is 0.253 e. The molecule has 9 nitrogen and oxygen atoms in total. The molecule has 6 rings (SSSR count). The predicted octanol–water partition coefficient (Wildman–Crippen LogP) is 3.80. The number of amides is 1. The summed E-state index contributed by atoms with van der Waals surface area (Å²) in [6.07, 6.45) is 8.70. The Morgan fingerprint density at radius 1 is 1.03 bits per heavy atom. The average Bonchev–Trinajstić information content (AvgIpc) is 3.41. The summed E-state index contributed by atoms with van der Waals surface area (Å²) in [7, 11) is 0. The van der Waals surface area contributed by atoms with Gasteiger partial charge in [0.25, 0.3) is 5.91 Å². The fourth-order valence-corrected chi connectivity index (χ4v) is 6.63. The minimum absolute atomic E-state index is 0.0406. The number of carbonyl (C=O) groups excluding carboxylic acids is 2. The van der Waals surface area contributed by atoms with Crippen molar-refractivity contribution in [2.45, 2.75) is 70.3 Å². The van der Waals surface area contributed by atoms with Crippen LogP contribution in [0.1, 0.15) is 83.5 Å². The minimum Gasteiger partial charge on any atom is -0.368 e. The molecule has 2 fully saturated rings. The van der Waals surface area contributed by atoms with Gasteiger partial charge < -0.3 is 15.5 Å². The maximum Gasteiger partial charge on any atom is 0.253 e. The number of benzene rings is 1. The molecule has 0 unspecified atom stereocenters. The number of rotatable bonds is 5. The van der Waals surface area contributed by atoms with E-state index in [1.54, 1.807) is 6.20 Å². The molecule has 0 radical (unpaired) electrons. The van der Waals surface area contributed by atoms with Crippen LogP contribution in [0.15, 0.2) is 30.5 Å². The van der Waals surface area contributed by atoms with Gasteiger partial charge in [0.2, 0.25) is 5.95 Å². The number of aromatic nitrogens is 4. The maximum absolute atomic E-state index is 13.4. The highest BCUT2D eigenvalue weighted by molar-refractivity contribution is 5.99. The molecule has 2 aromatic heterocycles. The molecule has 0 spiro atoms. The summed E-state index contributed by atoms with van der Waals surface area (Å²) >= 11 is 0. The number of piperidine rings is 2. The van der Waals surface area contributed by atoms with E-state index in [9.17, 15) is 9.59 Å². The summed E-state index contributed by atoms with van der Waals surface area (Å²) in [6, 6.07) is 8.10. The molecule has 39 heavy (non-hydrogen) atoms. The van der Waals surface area contributed by atoms with E-state index in [0.717, 1.165) is 42.6 Å². The zero-order valence-electron chi connectivity index (χ0n) is 22.9. The van der Waals surface area contributed by atoms with Crippen molar-refractivity contribution in [1.82, 2.24) is 30.0 Å². The molecule has 0 bridgehead atoms. The topological polar surface area (TPSA) is 121 Å². The van der Waals surface area contributed by atoms with E-state index in [0.29, 0.717) is 35.1 Å². The Morgan fingerprint density at radius 3 is 2.46 bits per heavy atom. The van der Waals surface area contributed by atoms with Crippen LogP contribution in [0.3, 0.4) is 0 Å². The van der Waals surface area contributed by atoms with Crippen LogP contribution in [0.4, 0.5) is 5.95 Å². The van der Waals surface area contributed by atoms with Gasteiger partial charge in [-0.1, -0.05) is 32.4 Å². The van der Waals surface area contributed by atoms with Gasteiger partial charge in [-0.25, -0.2) is 9.97 Å². The number of carbonyl (C=O) groups is 2. The number of nitrogens with one attached hydrogen (secondary N) is 1. The van der Waals surface area contributed by atoms with Gasteiger partial charge in [0.05, 0.1) is 5.69 Å². The third kappa shape index (κ3) is 4.95. The van der Waals surface area contributed by atoms with Crippen molar-refractivity contribution >= 4 is 17.6 Å². The van der Waals surface area contributed by atoms with Crippen molar-refractivity contribution in [3.8, 4) is 11.4 Å². The van der Waals surface area contributed by atoms with E-state index in [1.165, 1.54) is 32.4 Å². The SMILES string of the molecule is CC1(C)Cc2cnc(N)nc2-c2n[nH]c(C(=O)Cc3ccc(C(=O)N4CCC(N5CCCCC5)CC4)cc3)c21. The fraction of sp³-hybridized carbons (Fsp3) is 0.500. The molecule has 3 aromatic rings. The number of aromatic amines is 1. The quantitative estimate of drug-likeness (QED) is 0.484. The van der Waals surface area contributed by atoms with Gasteiger partial charge in [-0.15, -0.1) is 0 Å². The van der Waals surface area contributed by atoms with Crippen LogP contribution in [-0.2, 0) is 18.3 Å². The Morgan fingerprint density at radius 2 is 1.74 bits per heavy atom. The third-order valence-corrected chi connectivity index (χ3v) is 8.69. The van der Waals surface area contributed by atoms with Gasteiger partial charge in [0.1, 0.15) is 11.4 Å². The number of H-pyrrole nitrogens is 1. The highest BCUT2D eigenvalue weighted by atomic mass is 16.2. The molecular formula is C30H37N7O2. The van der Waals surface area contributed by atoms with Gasteiger partial charge >= 0.3 is 0 Å². The Balaban J connectivity index is 1.12. The summed E-state index contributed by atoms with van der Waals surface area (Å²) in [5.74, 6) is 0.228. The molecule has 4 heterocycles. The number of nitrogens with two attached hydrogens (primary N) is 1. The fourth-order valence-electron chi connectivity index (χ4n) is 6.63. The highest BCUT2D eigenvalue weighted by Gasteiger charge is 2.38. The van der Waals surface area contributed by atoms with Crippen LogP contribution in [-0.4, -0.2) is 73.9 Å². The van der Waals surface area contributed by atoms with Crippen LogP contribution < -0.4 is 5.73 Å². The van der Waals surface area contributed by atoms with E-state index in [1.807, 2.05) is 29.2 Å². The first kappa shape index (κ1) is 25.7. The molecule has 3 aliphatic rings. The highest BCUT2D eigenvalue weighted by Crippen LogP contribution is 2.43. The monoisotopic (exact) mass is 527 g/mol. The first-order valence-electron chi connectivity index (χ1n) is 14.2. The van der Waals surface area contributed by atoms with Gasteiger partial charge in [-0.05, 0) is 73.9 Å². The Kier molecular flexibility index (Phi) is 6.71. The van der Waals surface area contributed by atoms with Crippen LogP contribution in [0.25, 0.3) is 11.4 Å². The second-order valence-corrected chi connectivity index (χ2v) is 11.9. The third-order valence-electron chi connectivity index (χ3n) is 8.69. The summed E-state index contributed by atoms with van der Waals surface area (Å²) < 4.78 is 0. The van der Waals surface area contributed by atoms with Crippen LogP contribution >= 0.6 is 0 Å². The standard InChI is InChI=1S/C30H37N7O2/c1-30(2)17-21-18-32-29(31)33-25(21)27-24(30)26(34-35-27)23(38)16-19-6-8-20(9-7-19)28(39)37-14-10-22(11-15-37)36-12-4-3-5-13-36/h6-9,18,22H,3-5,10-17H2,1-2H3,(H,34,35)(H2,31,32,33). The number of likely N-dealkylation sites (tertiary alicyclic amines) is 2. The predicted molar refractivity (Wildman–Crippen MR) is 150 cm³/mol. The first-order chi connectivity index (χ1) is 18.8. The number of fused-ring (bicyclic) bond motifs is 3. The number of ketones is 1. The number of Topliss-reactive ketones (excluding diaryl/α,β-unsaturated/α-hetero) is 1.